The number of nitrogens with zero attached hydrogens (tertiary/aromatic N) is 2. The van der Waals surface area contributed by atoms with Crippen LogP contribution in [0.25, 0.3) is 5.69 Å². The minimum absolute atomic E-state index is 0.197. The monoisotopic (exact) mass is 373 g/mol. The van der Waals surface area contributed by atoms with E-state index in [0.717, 1.165) is 11.4 Å². The number of carbonyl (C=O) groups is 1. The Morgan fingerprint density at radius 1 is 1.31 bits per heavy atom. The van der Waals surface area contributed by atoms with Gasteiger partial charge in [-0.05, 0) is 42.8 Å². The van der Waals surface area contributed by atoms with E-state index < -0.39 is 5.82 Å². The molecule has 0 spiro atoms. The lowest BCUT2D eigenvalue weighted by Gasteiger charge is -2.12. The number of benzene rings is 2. The van der Waals surface area contributed by atoms with E-state index in [1.807, 2.05) is 17.7 Å². The van der Waals surface area contributed by atoms with E-state index in [1.165, 1.54) is 12.1 Å². The number of amides is 1. The average molecular weight is 374 g/mol. The van der Waals surface area contributed by atoms with Gasteiger partial charge in [-0.25, -0.2) is 9.37 Å². The molecule has 0 atom stereocenters. The van der Waals surface area contributed by atoms with Crippen LogP contribution in [0, 0.1) is 12.7 Å². The number of aryl methyl sites for hydroxylation is 1. The van der Waals surface area contributed by atoms with Crippen LogP contribution in [0.3, 0.4) is 0 Å². The SMILES string of the molecule is COc1cc(C(=O)NCc2ccc(F)cc2Cl)ccc1-n1cnc(C)c1. The molecule has 1 N–H and O–H groups in total. The Balaban J connectivity index is 1.77. The Bertz CT molecular complexity index is 956. The number of imidazole rings is 1. The van der Waals surface area contributed by atoms with Gasteiger partial charge in [-0.2, -0.15) is 0 Å². The quantitative estimate of drug-likeness (QED) is 0.737. The lowest BCUT2D eigenvalue weighted by atomic mass is 10.1. The molecule has 3 rings (SSSR count). The van der Waals surface area contributed by atoms with Crippen LogP contribution in [0.2, 0.25) is 5.02 Å². The molecule has 0 aliphatic carbocycles. The summed E-state index contributed by atoms with van der Waals surface area (Å²) in [6.45, 7) is 2.09. The van der Waals surface area contributed by atoms with Gasteiger partial charge in [0.25, 0.3) is 5.91 Å². The van der Waals surface area contributed by atoms with E-state index in [0.29, 0.717) is 16.9 Å². The van der Waals surface area contributed by atoms with Gasteiger partial charge in [-0.1, -0.05) is 17.7 Å². The van der Waals surface area contributed by atoms with Crippen LogP contribution in [0.4, 0.5) is 4.39 Å². The van der Waals surface area contributed by atoms with Crippen molar-refractivity contribution in [1.29, 1.82) is 0 Å². The summed E-state index contributed by atoms with van der Waals surface area (Å²) >= 11 is 5.98. The summed E-state index contributed by atoms with van der Waals surface area (Å²) in [5.74, 6) is -0.146. The molecule has 26 heavy (non-hydrogen) atoms. The predicted octanol–water partition coefficient (Wildman–Crippen LogP) is 3.91. The van der Waals surface area contributed by atoms with Crippen molar-refractivity contribution in [1.82, 2.24) is 14.9 Å². The normalized spacial score (nSPS) is 10.6. The molecule has 2 aromatic carbocycles. The number of carbonyl (C=O) groups excluding carboxylic acids is 1. The Kier molecular flexibility index (Phi) is 5.23. The maximum Gasteiger partial charge on any atom is 0.251 e. The number of methoxy groups -OCH3 is 1. The molecule has 0 aliphatic rings. The summed E-state index contributed by atoms with van der Waals surface area (Å²) in [6.07, 6.45) is 3.55. The van der Waals surface area contributed by atoms with Crippen molar-refractivity contribution in [3.05, 3.63) is 76.6 Å². The van der Waals surface area contributed by atoms with Gasteiger partial charge in [0.05, 0.1) is 24.8 Å². The van der Waals surface area contributed by atoms with Gasteiger partial charge in [0.15, 0.2) is 0 Å². The molecule has 5 nitrogen and oxygen atoms in total. The van der Waals surface area contributed by atoms with Gasteiger partial charge in [-0.15, -0.1) is 0 Å². The lowest BCUT2D eigenvalue weighted by molar-refractivity contribution is 0.0950. The molecule has 1 aromatic heterocycles. The van der Waals surface area contributed by atoms with Crippen LogP contribution >= 0.6 is 11.6 Å². The van der Waals surface area contributed by atoms with Crippen LogP contribution in [-0.2, 0) is 6.54 Å². The first-order valence-electron chi connectivity index (χ1n) is 7.89. The first kappa shape index (κ1) is 17.9. The Labute approximate surface area is 155 Å². The molecule has 0 saturated carbocycles. The smallest absolute Gasteiger partial charge is 0.251 e. The second-order valence-corrected chi connectivity index (χ2v) is 6.13. The van der Waals surface area contributed by atoms with E-state index in [9.17, 15) is 9.18 Å². The van der Waals surface area contributed by atoms with E-state index in [-0.39, 0.29) is 17.5 Å². The van der Waals surface area contributed by atoms with Crippen LogP contribution in [0.1, 0.15) is 21.6 Å². The van der Waals surface area contributed by atoms with Crippen LogP contribution in [0.5, 0.6) is 5.75 Å². The van der Waals surface area contributed by atoms with Crippen molar-refractivity contribution >= 4 is 17.5 Å². The zero-order valence-electron chi connectivity index (χ0n) is 14.3. The lowest BCUT2D eigenvalue weighted by Crippen LogP contribution is -2.23. The summed E-state index contributed by atoms with van der Waals surface area (Å²) in [4.78, 5) is 16.6. The maximum absolute atomic E-state index is 13.1. The number of aromatic nitrogens is 2. The third kappa shape index (κ3) is 3.86. The molecule has 0 bridgehead atoms. The summed E-state index contributed by atoms with van der Waals surface area (Å²) in [5.41, 5.74) is 2.75. The Morgan fingerprint density at radius 3 is 2.77 bits per heavy atom. The van der Waals surface area contributed by atoms with E-state index in [2.05, 4.69) is 10.3 Å². The highest BCUT2D eigenvalue weighted by atomic mass is 35.5. The molecule has 0 fully saturated rings. The minimum atomic E-state index is -0.417. The van der Waals surface area contributed by atoms with Gasteiger partial charge < -0.3 is 14.6 Å². The molecule has 0 aliphatic heterocycles. The van der Waals surface area contributed by atoms with Crippen LogP contribution in [-0.4, -0.2) is 22.6 Å². The number of hydrogen-bond acceptors (Lipinski definition) is 3. The van der Waals surface area contributed by atoms with Crippen molar-refractivity contribution in [2.24, 2.45) is 0 Å². The molecule has 0 radical (unpaired) electrons. The van der Waals surface area contributed by atoms with Gasteiger partial charge >= 0.3 is 0 Å². The van der Waals surface area contributed by atoms with Gasteiger partial charge in [0.1, 0.15) is 11.6 Å². The number of nitrogens with one attached hydrogen (secondary N) is 1. The second kappa shape index (κ2) is 7.58. The zero-order valence-corrected chi connectivity index (χ0v) is 15.0. The standard InChI is InChI=1S/C19H17ClFN3O2/c1-12-10-24(11-23-12)17-6-4-13(7-18(17)26-2)19(25)22-9-14-3-5-15(21)8-16(14)20/h3-8,10-11H,9H2,1-2H3,(H,22,25). The summed E-state index contributed by atoms with van der Waals surface area (Å²) in [6, 6.07) is 9.22. The molecule has 1 heterocycles. The van der Waals surface area contributed by atoms with Gasteiger partial charge in [-0.3, -0.25) is 4.79 Å². The van der Waals surface area contributed by atoms with Gasteiger partial charge in [0, 0.05) is 23.3 Å². The highest BCUT2D eigenvalue weighted by Gasteiger charge is 2.12. The van der Waals surface area contributed by atoms with Gasteiger partial charge in [0.2, 0.25) is 0 Å². The number of ether oxygens (including phenoxy) is 1. The highest BCUT2D eigenvalue weighted by molar-refractivity contribution is 6.31. The van der Waals surface area contributed by atoms with Crippen LogP contribution in [0.15, 0.2) is 48.9 Å². The Morgan fingerprint density at radius 2 is 2.12 bits per heavy atom. The average Bonchev–Trinajstić information content (AvgIpc) is 3.06. The van der Waals surface area contributed by atoms with Crippen molar-refractivity contribution in [2.45, 2.75) is 13.5 Å². The third-order valence-electron chi connectivity index (χ3n) is 3.89. The van der Waals surface area contributed by atoms with Crippen molar-refractivity contribution in [2.75, 3.05) is 7.11 Å². The molecular weight excluding hydrogens is 357 g/mol. The van der Waals surface area contributed by atoms with E-state index >= 15 is 0 Å². The molecule has 134 valence electrons. The summed E-state index contributed by atoms with van der Waals surface area (Å²) in [5, 5.41) is 3.04. The van der Waals surface area contributed by atoms with Crippen molar-refractivity contribution < 1.29 is 13.9 Å². The fourth-order valence-electron chi connectivity index (χ4n) is 2.53. The predicted molar refractivity (Wildman–Crippen MR) is 97.4 cm³/mol. The number of rotatable bonds is 5. The summed E-state index contributed by atoms with van der Waals surface area (Å²) in [7, 11) is 1.54. The molecule has 3 aromatic rings. The largest absolute Gasteiger partial charge is 0.495 e. The first-order chi connectivity index (χ1) is 12.5. The van der Waals surface area contributed by atoms with Crippen LogP contribution < -0.4 is 10.1 Å². The molecule has 0 saturated heterocycles. The second-order valence-electron chi connectivity index (χ2n) is 5.73. The first-order valence-corrected chi connectivity index (χ1v) is 8.27. The molecule has 1 amide bonds. The molecule has 0 unspecified atom stereocenters. The molecular formula is C19H17ClFN3O2. The minimum Gasteiger partial charge on any atom is -0.495 e. The fourth-order valence-corrected chi connectivity index (χ4v) is 2.76. The zero-order chi connectivity index (χ0) is 18.7. The highest BCUT2D eigenvalue weighted by Crippen LogP contribution is 2.25. The third-order valence-corrected chi connectivity index (χ3v) is 4.24. The van der Waals surface area contributed by atoms with Crippen molar-refractivity contribution in [3.63, 3.8) is 0 Å². The van der Waals surface area contributed by atoms with E-state index in [1.54, 1.807) is 37.7 Å². The number of hydrogen-bond donors (Lipinski definition) is 1. The Hall–Kier alpha value is -2.86. The number of halogens is 2. The fraction of sp³-hybridized carbons (Fsp3) is 0.158. The van der Waals surface area contributed by atoms with Crippen molar-refractivity contribution in [3.8, 4) is 11.4 Å². The topological polar surface area (TPSA) is 56.1 Å². The molecule has 7 heteroatoms. The van der Waals surface area contributed by atoms with E-state index in [4.69, 9.17) is 16.3 Å². The summed E-state index contributed by atoms with van der Waals surface area (Å²) < 4.78 is 20.3. The maximum atomic E-state index is 13.1.